The standard InChI is InChI=1S/C12H20O2/c1-10(14)6-7-11-4-2-3-5-12(8-11)9-13/h9,11-12H,2-8H2,1H3. The molecule has 2 heteroatoms. The molecule has 0 radical (unpaired) electrons. The van der Waals surface area contributed by atoms with Crippen molar-refractivity contribution in [2.75, 3.05) is 0 Å². The third-order valence-electron chi connectivity index (χ3n) is 3.17. The fourth-order valence-corrected chi connectivity index (χ4v) is 2.30. The van der Waals surface area contributed by atoms with Crippen molar-refractivity contribution < 1.29 is 9.59 Å². The van der Waals surface area contributed by atoms with Crippen molar-refractivity contribution in [1.29, 1.82) is 0 Å². The topological polar surface area (TPSA) is 34.1 Å². The average Bonchev–Trinajstić information content (AvgIpc) is 2.39. The summed E-state index contributed by atoms with van der Waals surface area (Å²) in [6, 6.07) is 0. The zero-order valence-electron chi connectivity index (χ0n) is 9.00. The van der Waals surface area contributed by atoms with Gasteiger partial charge in [0.2, 0.25) is 0 Å². The summed E-state index contributed by atoms with van der Waals surface area (Å²) >= 11 is 0. The van der Waals surface area contributed by atoms with E-state index in [2.05, 4.69) is 0 Å². The fraction of sp³-hybridized carbons (Fsp3) is 0.833. The molecule has 0 bridgehead atoms. The van der Waals surface area contributed by atoms with E-state index in [1.165, 1.54) is 19.3 Å². The fourth-order valence-electron chi connectivity index (χ4n) is 2.30. The van der Waals surface area contributed by atoms with Gasteiger partial charge in [0.05, 0.1) is 0 Å². The van der Waals surface area contributed by atoms with Gasteiger partial charge in [-0.3, -0.25) is 0 Å². The molecule has 0 spiro atoms. The van der Waals surface area contributed by atoms with Gasteiger partial charge in [-0.2, -0.15) is 0 Å². The van der Waals surface area contributed by atoms with Crippen molar-refractivity contribution in [3.63, 3.8) is 0 Å². The molecule has 1 aliphatic carbocycles. The SMILES string of the molecule is CC(=O)CCC1CCCCC(C=O)C1. The van der Waals surface area contributed by atoms with Gasteiger partial charge >= 0.3 is 0 Å². The van der Waals surface area contributed by atoms with Crippen LogP contribution in [0.5, 0.6) is 0 Å². The normalized spacial score (nSPS) is 28.1. The molecule has 1 aliphatic rings. The summed E-state index contributed by atoms with van der Waals surface area (Å²) in [6.07, 6.45) is 8.46. The highest BCUT2D eigenvalue weighted by Crippen LogP contribution is 2.29. The van der Waals surface area contributed by atoms with E-state index < -0.39 is 0 Å². The lowest BCUT2D eigenvalue weighted by Crippen LogP contribution is -2.08. The summed E-state index contributed by atoms with van der Waals surface area (Å²) < 4.78 is 0. The summed E-state index contributed by atoms with van der Waals surface area (Å²) in [4.78, 5) is 21.6. The van der Waals surface area contributed by atoms with Gasteiger partial charge in [0.15, 0.2) is 0 Å². The number of carbonyl (C=O) groups excluding carboxylic acids is 2. The number of ketones is 1. The van der Waals surface area contributed by atoms with E-state index in [1.54, 1.807) is 6.92 Å². The summed E-state index contributed by atoms with van der Waals surface area (Å²) in [7, 11) is 0. The van der Waals surface area contributed by atoms with Gasteiger partial charge in [0.25, 0.3) is 0 Å². The van der Waals surface area contributed by atoms with Crippen molar-refractivity contribution in [3.8, 4) is 0 Å². The quantitative estimate of drug-likeness (QED) is 0.512. The molecular formula is C12H20O2. The number of hydrogen-bond acceptors (Lipinski definition) is 2. The van der Waals surface area contributed by atoms with Crippen molar-refractivity contribution in [3.05, 3.63) is 0 Å². The number of carbonyl (C=O) groups is 2. The van der Waals surface area contributed by atoms with Gasteiger partial charge < -0.3 is 9.59 Å². The Morgan fingerprint density at radius 1 is 1.36 bits per heavy atom. The highest BCUT2D eigenvalue weighted by Gasteiger charge is 2.19. The number of rotatable bonds is 4. The van der Waals surface area contributed by atoms with Gasteiger partial charge in [-0.25, -0.2) is 0 Å². The summed E-state index contributed by atoms with van der Waals surface area (Å²) in [5.74, 6) is 1.14. The monoisotopic (exact) mass is 196 g/mol. The largest absolute Gasteiger partial charge is 0.303 e. The molecule has 2 unspecified atom stereocenters. The van der Waals surface area contributed by atoms with Crippen LogP contribution in [0, 0.1) is 11.8 Å². The Labute approximate surface area is 86.1 Å². The lowest BCUT2D eigenvalue weighted by Gasteiger charge is -2.15. The molecule has 0 saturated heterocycles. The van der Waals surface area contributed by atoms with Crippen molar-refractivity contribution in [2.45, 2.75) is 51.9 Å². The highest BCUT2D eigenvalue weighted by atomic mass is 16.1. The number of Topliss-reactive ketones (excluding diaryl/α,β-unsaturated/α-hetero) is 1. The van der Waals surface area contributed by atoms with Crippen molar-refractivity contribution >= 4 is 12.1 Å². The predicted octanol–water partition coefficient (Wildman–Crippen LogP) is 2.75. The molecule has 0 aromatic heterocycles. The van der Waals surface area contributed by atoms with E-state index in [4.69, 9.17) is 0 Å². The molecule has 0 aromatic carbocycles. The molecule has 14 heavy (non-hydrogen) atoms. The van der Waals surface area contributed by atoms with Gasteiger partial charge in [0, 0.05) is 12.3 Å². The van der Waals surface area contributed by atoms with Crippen LogP contribution in [0.25, 0.3) is 0 Å². The van der Waals surface area contributed by atoms with Crippen molar-refractivity contribution in [2.24, 2.45) is 11.8 Å². The Morgan fingerprint density at radius 3 is 2.71 bits per heavy atom. The molecule has 1 fully saturated rings. The van der Waals surface area contributed by atoms with Crippen LogP contribution in [0.15, 0.2) is 0 Å². The molecule has 0 heterocycles. The minimum atomic E-state index is 0.259. The Balaban J connectivity index is 2.34. The maximum Gasteiger partial charge on any atom is 0.129 e. The number of aldehydes is 1. The van der Waals surface area contributed by atoms with Gasteiger partial charge in [-0.15, -0.1) is 0 Å². The molecule has 0 N–H and O–H groups in total. The minimum absolute atomic E-state index is 0.259. The second-order valence-electron chi connectivity index (χ2n) is 4.52. The predicted molar refractivity (Wildman–Crippen MR) is 56.0 cm³/mol. The van der Waals surface area contributed by atoms with E-state index in [1.807, 2.05) is 0 Å². The van der Waals surface area contributed by atoms with Crippen LogP contribution in [0.1, 0.15) is 51.9 Å². The third kappa shape index (κ3) is 4.03. The maximum atomic E-state index is 10.9. The van der Waals surface area contributed by atoms with E-state index in [0.29, 0.717) is 12.3 Å². The van der Waals surface area contributed by atoms with Crippen LogP contribution >= 0.6 is 0 Å². The van der Waals surface area contributed by atoms with Crippen LogP contribution in [0.3, 0.4) is 0 Å². The highest BCUT2D eigenvalue weighted by molar-refractivity contribution is 5.75. The first-order valence-corrected chi connectivity index (χ1v) is 5.67. The van der Waals surface area contributed by atoms with Gasteiger partial charge in [0.1, 0.15) is 12.1 Å². The van der Waals surface area contributed by atoms with Crippen LogP contribution < -0.4 is 0 Å². The molecule has 1 rings (SSSR count). The third-order valence-corrected chi connectivity index (χ3v) is 3.17. The molecule has 0 amide bonds. The Bertz CT molecular complexity index is 198. The molecule has 0 aromatic rings. The first-order valence-electron chi connectivity index (χ1n) is 5.67. The second kappa shape index (κ2) is 5.94. The minimum Gasteiger partial charge on any atom is -0.303 e. The zero-order valence-corrected chi connectivity index (χ0v) is 9.00. The molecular weight excluding hydrogens is 176 g/mol. The zero-order chi connectivity index (χ0) is 10.4. The van der Waals surface area contributed by atoms with E-state index in [0.717, 1.165) is 25.5 Å². The van der Waals surface area contributed by atoms with Crippen LogP contribution in [-0.4, -0.2) is 12.1 Å². The molecule has 80 valence electrons. The van der Waals surface area contributed by atoms with E-state index in [-0.39, 0.29) is 11.7 Å². The lowest BCUT2D eigenvalue weighted by atomic mass is 9.90. The molecule has 1 saturated carbocycles. The van der Waals surface area contributed by atoms with Gasteiger partial charge in [-0.05, 0) is 32.1 Å². The second-order valence-corrected chi connectivity index (χ2v) is 4.52. The van der Waals surface area contributed by atoms with Crippen molar-refractivity contribution in [1.82, 2.24) is 0 Å². The Kier molecular flexibility index (Phi) is 4.85. The Morgan fingerprint density at radius 2 is 2.07 bits per heavy atom. The number of hydrogen-bond donors (Lipinski definition) is 0. The van der Waals surface area contributed by atoms with E-state index in [9.17, 15) is 9.59 Å². The lowest BCUT2D eigenvalue weighted by molar-refractivity contribution is -0.117. The smallest absolute Gasteiger partial charge is 0.129 e. The summed E-state index contributed by atoms with van der Waals surface area (Å²) in [5, 5.41) is 0. The summed E-state index contributed by atoms with van der Waals surface area (Å²) in [6.45, 7) is 1.65. The molecule has 2 atom stereocenters. The first-order chi connectivity index (χ1) is 6.72. The van der Waals surface area contributed by atoms with Crippen LogP contribution in [0.2, 0.25) is 0 Å². The molecule has 0 aliphatic heterocycles. The van der Waals surface area contributed by atoms with E-state index >= 15 is 0 Å². The first kappa shape index (κ1) is 11.4. The summed E-state index contributed by atoms with van der Waals surface area (Å²) in [5.41, 5.74) is 0. The average molecular weight is 196 g/mol. The molecule has 2 nitrogen and oxygen atoms in total. The maximum absolute atomic E-state index is 10.9. The van der Waals surface area contributed by atoms with Crippen LogP contribution in [0.4, 0.5) is 0 Å². The van der Waals surface area contributed by atoms with Gasteiger partial charge in [-0.1, -0.05) is 19.3 Å². The van der Waals surface area contributed by atoms with Crippen LogP contribution in [-0.2, 0) is 9.59 Å². The Hall–Kier alpha value is -0.660.